The van der Waals surface area contributed by atoms with Gasteiger partial charge in [0.25, 0.3) is 0 Å². The average molecular weight is 336 g/mol. The van der Waals surface area contributed by atoms with Gasteiger partial charge in [-0.25, -0.2) is 4.79 Å². The molecule has 1 amide bonds. The highest BCUT2D eigenvalue weighted by atomic mass is 35.5. The SMILES string of the molecule is O=C(Cn1nnc(-c2ccc(Cl)cc2)n1)NC(C(=O)O)C1CC1. The fraction of sp³-hybridized carbons (Fsp3) is 0.357. The maximum absolute atomic E-state index is 11.9. The van der Waals surface area contributed by atoms with Gasteiger partial charge in [0.05, 0.1) is 0 Å². The second kappa shape index (κ2) is 6.33. The maximum Gasteiger partial charge on any atom is 0.326 e. The zero-order chi connectivity index (χ0) is 16.4. The predicted octanol–water partition coefficient (Wildman–Crippen LogP) is 0.973. The molecule has 1 atom stereocenters. The van der Waals surface area contributed by atoms with Gasteiger partial charge in [0.2, 0.25) is 11.7 Å². The minimum Gasteiger partial charge on any atom is -0.480 e. The van der Waals surface area contributed by atoms with Gasteiger partial charge in [0, 0.05) is 10.6 Å². The summed E-state index contributed by atoms with van der Waals surface area (Å²) in [6.07, 6.45) is 1.64. The molecule has 1 aromatic heterocycles. The lowest BCUT2D eigenvalue weighted by Gasteiger charge is -2.12. The Hall–Kier alpha value is -2.48. The number of benzene rings is 1. The van der Waals surface area contributed by atoms with E-state index in [4.69, 9.17) is 16.7 Å². The zero-order valence-corrected chi connectivity index (χ0v) is 12.8. The van der Waals surface area contributed by atoms with Crippen molar-refractivity contribution in [2.75, 3.05) is 0 Å². The first-order valence-electron chi connectivity index (χ1n) is 7.09. The second-order valence-electron chi connectivity index (χ2n) is 5.37. The van der Waals surface area contributed by atoms with E-state index >= 15 is 0 Å². The van der Waals surface area contributed by atoms with Crippen LogP contribution in [0.25, 0.3) is 11.4 Å². The van der Waals surface area contributed by atoms with Crippen LogP contribution >= 0.6 is 11.6 Å². The van der Waals surface area contributed by atoms with E-state index in [9.17, 15) is 9.59 Å². The van der Waals surface area contributed by atoms with Crippen LogP contribution in [-0.2, 0) is 16.1 Å². The van der Waals surface area contributed by atoms with Crippen molar-refractivity contribution in [3.63, 3.8) is 0 Å². The number of aliphatic carboxylic acids is 1. The van der Waals surface area contributed by atoms with Crippen molar-refractivity contribution in [2.24, 2.45) is 5.92 Å². The number of halogens is 1. The van der Waals surface area contributed by atoms with Gasteiger partial charge in [0.15, 0.2) is 0 Å². The standard InChI is InChI=1S/C14H14ClN5O3/c15-10-5-3-9(4-6-10)13-17-19-20(18-13)7-11(21)16-12(14(22)23)8-1-2-8/h3-6,8,12H,1-2,7H2,(H,16,21)(H,22,23). The molecular weight excluding hydrogens is 322 g/mol. The van der Waals surface area contributed by atoms with Crippen LogP contribution in [0, 0.1) is 5.92 Å². The Morgan fingerprint density at radius 2 is 2.04 bits per heavy atom. The Morgan fingerprint density at radius 1 is 1.35 bits per heavy atom. The van der Waals surface area contributed by atoms with Crippen LogP contribution < -0.4 is 5.32 Å². The number of nitrogens with zero attached hydrogens (tertiary/aromatic N) is 4. The van der Waals surface area contributed by atoms with Gasteiger partial charge >= 0.3 is 5.97 Å². The number of hydrogen-bond donors (Lipinski definition) is 2. The number of carbonyl (C=O) groups excluding carboxylic acids is 1. The molecule has 0 radical (unpaired) electrons. The molecule has 1 aromatic carbocycles. The number of nitrogens with one attached hydrogen (secondary N) is 1. The number of carboxylic acid groups (broad SMARTS) is 1. The lowest BCUT2D eigenvalue weighted by atomic mass is 10.2. The minimum absolute atomic E-state index is 0.0183. The number of rotatable bonds is 6. The fourth-order valence-electron chi connectivity index (χ4n) is 2.18. The third-order valence-corrected chi connectivity index (χ3v) is 3.77. The van der Waals surface area contributed by atoms with E-state index in [2.05, 4.69) is 20.7 Å². The Labute approximate surface area is 136 Å². The van der Waals surface area contributed by atoms with Gasteiger partial charge in [-0.1, -0.05) is 11.6 Å². The van der Waals surface area contributed by atoms with Crippen LogP contribution in [0.2, 0.25) is 5.02 Å². The van der Waals surface area contributed by atoms with Crippen molar-refractivity contribution in [1.82, 2.24) is 25.5 Å². The van der Waals surface area contributed by atoms with Crippen molar-refractivity contribution < 1.29 is 14.7 Å². The summed E-state index contributed by atoms with van der Waals surface area (Å²) in [6.45, 7) is -0.183. The molecule has 3 rings (SSSR count). The van der Waals surface area contributed by atoms with Gasteiger partial charge in [-0.2, -0.15) is 4.80 Å². The van der Waals surface area contributed by atoms with Crippen LogP contribution in [0.4, 0.5) is 0 Å². The van der Waals surface area contributed by atoms with E-state index in [0.717, 1.165) is 23.2 Å². The zero-order valence-electron chi connectivity index (χ0n) is 12.0. The van der Waals surface area contributed by atoms with Gasteiger partial charge in [0.1, 0.15) is 12.6 Å². The van der Waals surface area contributed by atoms with E-state index in [1.54, 1.807) is 24.3 Å². The second-order valence-corrected chi connectivity index (χ2v) is 5.81. The number of carboxylic acids is 1. The van der Waals surface area contributed by atoms with Crippen LogP contribution in [0.15, 0.2) is 24.3 Å². The Kier molecular flexibility index (Phi) is 4.24. The van der Waals surface area contributed by atoms with Crippen molar-refractivity contribution in [2.45, 2.75) is 25.4 Å². The number of aromatic nitrogens is 4. The number of carbonyl (C=O) groups is 2. The normalized spacial score (nSPS) is 15.2. The topological polar surface area (TPSA) is 110 Å². The Bertz CT molecular complexity index is 726. The molecule has 1 aliphatic carbocycles. The summed E-state index contributed by atoms with van der Waals surface area (Å²) < 4.78 is 0. The van der Waals surface area contributed by atoms with Crippen molar-refractivity contribution in [3.05, 3.63) is 29.3 Å². The monoisotopic (exact) mass is 335 g/mol. The summed E-state index contributed by atoms with van der Waals surface area (Å²) >= 11 is 5.82. The molecule has 1 aliphatic rings. The van der Waals surface area contributed by atoms with Gasteiger partial charge < -0.3 is 10.4 Å². The van der Waals surface area contributed by atoms with Gasteiger partial charge in [-0.05, 0) is 48.2 Å². The van der Waals surface area contributed by atoms with Gasteiger partial charge in [-0.15, -0.1) is 10.2 Å². The number of hydrogen-bond acceptors (Lipinski definition) is 5. The summed E-state index contributed by atoms with van der Waals surface area (Å²) in [5.41, 5.74) is 0.724. The number of tetrazole rings is 1. The predicted molar refractivity (Wildman–Crippen MR) is 80.6 cm³/mol. The largest absolute Gasteiger partial charge is 0.480 e. The molecule has 2 aromatic rings. The van der Waals surface area contributed by atoms with Crippen molar-refractivity contribution in [1.29, 1.82) is 0 Å². The molecule has 0 aliphatic heterocycles. The highest BCUT2D eigenvalue weighted by Gasteiger charge is 2.37. The van der Waals surface area contributed by atoms with E-state index in [-0.39, 0.29) is 12.5 Å². The first-order valence-corrected chi connectivity index (χ1v) is 7.46. The molecule has 1 fully saturated rings. The van der Waals surface area contributed by atoms with E-state index in [1.807, 2.05) is 0 Å². The highest BCUT2D eigenvalue weighted by molar-refractivity contribution is 6.30. The summed E-state index contributed by atoms with van der Waals surface area (Å²) in [7, 11) is 0. The van der Waals surface area contributed by atoms with Crippen molar-refractivity contribution in [3.8, 4) is 11.4 Å². The molecule has 23 heavy (non-hydrogen) atoms. The number of amides is 1. The van der Waals surface area contributed by atoms with Crippen molar-refractivity contribution >= 4 is 23.5 Å². The smallest absolute Gasteiger partial charge is 0.326 e. The summed E-state index contributed by atoms with van der Waals surface area (Å²) in [4.78, 5) is 24.2. The first kappa shape index (κ1) is 15.4. The third-order valence-electron chi connectivity index (χ3n) is 3.52. The Morgan fingerprint density at radius 3 is 2.65 bits per heavy atom. The molecule has 0 spiro atoms. The first-order chi connectivity index (χ1) is 11.0. The van der Waals surface area contributed by atoms with Crippen LogP contribution in [0.1, 0.15) is 12.8 Å². The molecular formula is C14H14ClN5O3. The molecule has 9 heteroatoms. The summed E-state index contributed by atoms with van der Waals surface area (Å²) in [5.74, 6) is -1.09. The van der Waals surface area contributed by atoms with Crippen LogP contribution in [0.5, 0.6) is 0 Å². The van der Waals surface area contributed by atoms with E-state index in [1.165, 1.54) is 0 Å². The van der Waals surface area contributed by atoms with Crippen LogP contribution in [0.3, 0.4) is 0 Å². The quantitative estimate of drug-likeness (QED) is 0.814. The minimum atomic E-state index is -1.02. The highest BCUT2D eigenvalue weighted by Crippen LogP contribution is 2.32. The molecule has 1 saturated carbocycles. The van der Waals surface area contributed by atoms with E-state index < -0.39 is 17.9 Å². The molecule has 8 nitrogen and oxygen atoms in total. The summed E-state index contributed by atoms with van der Waals surface area (Å²) in [5, 5.41) is 24.0. The molecule has 120 valence electrons. The lowest BCUT2D eigenvalue weighted by Crippen LogP contribution is -2.43. The molecule has 0 saturated heterocycles. The Balaban J connectivity index is 1.63. The molecule has 1 unspecified atom stereocenters. The molecule has 2 N–H and O–H groups in total. The lowest BCUT2D eigenvalue weighted by molar-refractivity contribution is -0.142. The molecule has 0 bridgehead atoms. The van der Waals surface area contributed by atoms with Gasteiger partial charge in [-0.3, -0.25) is 4.79 Å². The van der Waals surface area contributed by atoms with Crippen LogP contribution in [-0.4, -0.2) is 43.2 Å². The maximum atomic E-state index is 11.9. The summed E-state index contributed by atoms with van der Waals surface area (Å²) in [6, 6.07) is 6.06. The molecule has 1 heterocycles. The third kappa shape index (κ3) is 3.84. The average Bonchev–Trinajstić information content (AvgIpc) is 3.25. The van der Waals surface area contributed by atoms with E-state index in [0.29, 0.717) is 10.8 Å². The fourth-order valence-corrected chi connectivity index (χ4v) is 2.31.